The third-order valence-electron chi connectivity index (χ3n) is 1.22. The van der Waals surface area contributed by atoms with E-state index in [0.29, 0.717) is 0 Å². The lowest BCUT2D eigenvalue weighted by Gasteiger charge is -2.03. The summed E-state index contributed by atoms with van der Waals surface area (Å²) in [6.07, 6.45) is 2.78. The molecule has 0 atom stereocenters. The molecule has 68 valence electrons. The first-order valence-corrected chi connectivity index (χ1v) is 3.47. The summed E-state index contributed by atoms with van der Waals surface area (Å²) in [5.74, 6) is -2.16. The topological polar surface area (TPSA) is 79.3 Å². The maximum absolute atomic E-state index is 11.0. The van der Waals surface area contributed by atoms with E-state index in [9.17, 15) is 14.7 Å². The predicted octanol–water partition coefficient (Wildman–Crippen LogP) is -1.01. The molecule has 13 heavy (non-hydrogen) atoms. The molecule has 0 amide bonds. The van der Waals surface area contributed by atoms with E-state index in [1.165, 1.54) is 18.5 Å². The number of nitrogens with zero attached hydrogens (tertiary/aromatic N) is 1. The van der Waals surface area contributed by atoms with Gasteiger partial charge in [0.1, 0.15) is 6.61 Å². The van der Waals surface area contributed by atoms with Crippen molar-refractivity contribution in [3.05, 3.63) is 30.1 Å². The molecular formula is C8H6NO4-. The second kappa shape index (κ2) is 4.20. The average Bonchev–Trinajstić information content (AvgIpc) is 2.15. The molecule has 0 saturated heterocycles. The maximum atomic E-state index is 11.0. The second-order valence-electron chi connectivity index (χ2n) is 2.19. The Hall–Kier alpha value is -1.91. The summed E-state index contributed by atoms with van der Waals surface area (Å²) in [4.78, 5) is 24.6. The van der Waals surface area contributed by atoms with Crippen molar-refractivity contribution in [1.29, 1.82) is 0 Å². The van der Waals surface area contributed by atoms with E-state index in [1.54, 1.807) is 6.07 Å². The van der Waals surface area contributed by atoms with E-state index < -0.39 is 18.5 Å². The second-order valence-corrected chi connectivity index (χ2v) is 2.19. The van der Waals surface area contributed by atoms with Gasteiger partial charge in [-0.2, -0.15) is 0 Å². The van der Waals surface area contributed by atoms with Gasteiger partial charge in [0.2, 0.25) is 0 Å². The SMILES string of the molecule is O=C([O-])COC(=O)c1cccnc1. The van der Waals surface area contributed by atoms with Gasteiger partial charge in [-0.25, -0.2) is 4.79 Å². The van der Waals surface area contributed by atoms with Crippen LogP contribution in [0.15, 0.2) is 24.5 Å². The molecule has 0 radical (unpaired) electrons. The van der Waals surface area contributed by atoms with Crippen LogP contribution in [0.4, 0.5) is 0 Å². The number of carboxylic acid groups (broad SMARTS) is 1. The number of ether oxygens (including phenoxy) is 1. The molecule has 0 aromatic carbocycles. The largest absolute Gasteiger partial charge is 0.546 e. The van der Waals surface area contributed by atoms with Crippen LogP contribution in [0.2, 0.25) is 0 Å². The number of carboxylic acids is 1. The number of rotatable bonds is 3. The molecule has 0 unspecified atom stereocenters. The Bertz CT molecular complexity index is 309. The van der Waals surface area contributed by atoms with Crippen LogP contribution < -0.4 is 5.11 Å². The van der Waals surface area contributed by atoms with Crippen molar-refractivity contribution in [3.63, 3.8) is 0 Å². The zero-order valence-corrected chi connectivity index (χ0v) is 6.60. The Kier molecular flexibility index (Phi) is 2.97. The number of hydrogen-bond acceptors (Lipinski definition) is 5. The van der Waals surface area contributed by atoms with Crippen LogP contribution in [0.25, 0.3) is 0 Å². The third-order valence-corrected chi connectivity index (χ3v) is 1.22. The highest BCUT2D eigenvalue weighted by Crippen LogP contribution is 1.97. The molecule has 1 heterocycles. The molecule has 0 bridgehead atoms. The molecule has 5 heteroatoms. The van der Waals surface area contributed by atoms with Crippen molar-refractivity contribution in [2.75, 3.05) is 6.61 Å². The Morgan fingerprint density at radius 1 is 1.54 bits per heavy atom. The summed E-state index contributed by atoms with van der Waals surface area (Å²) < 4.78 is 4.35. The molecular weight excluding hydrogens is 174 g/mol. The van der Waals surface area contributed by atoms with Gasteiger partial charge in [0.15, 0.2) is 0 Å². The number of aliphatic carboxylic acids is 1. The zero-order valence-electron chi connectivity index (χ0n) is 6.60. The first-order valence-electron chi connectivity index (χ1n) is 3.47. The van der Waals surface area contributed by atoms with Gasteiger partial charge < -0.3 is 14.6 Å². The van der Waals surface area contributed by atoms with E-state index in [1.807, 2.05) is 0 Å². The predicted molar refractivity (Wildman–Crippen MR) is 39.5 cm³/mol. The van der Waals surface area contributed by atoms with E-state index in [0.717, 1.165) is 0 Å². The van der Waals surface area contributed by atoms with Crippen molar-refractivity contribution in [2.45, 2.75) is 0 Å². The molecule has 0 aliphatic carbocycles. The molecule has 0 saturated carbocycles. The van der Waals surface area contributed by atoms with Gasteiger partial charge in [-0.1, -0.05) is 0 Å². The summed E-state index contributed by atoms with van der Waals surface area (Å²) in [7, 11) is 0. The monoisotopic (exact) mass is 180 g/mol. The fraction of sp³-hybridized carbons (Fsp3) is 0.125. The van der Waals surface area contributed by atoms with Gasteiger partial charge in [0.05, 0.1) is 11.5 Å². The van der Waals surface area contributed by atoms with E-state index in [-0.39, 0.29) is 5.56 Å². The lowest BCUT2D eigenvalue weighted by molar-refractivity contribution is -0.308. The van der Waals surface area contributed by atoms with E-state index in [2.05, 4.69) is 9.72 Å². The highest BCUT2D eigenvalue weighted by atomic mass is 16.5. The number of esters is 1. The summed E-state index contributed by atoms with van der Waals surface area (Å²) in [6, 6.07) is 3.03. The van der Waals surface area contributed by atoms with Gasteiger partial charge in [-0.15, -0.1) is 0 Å². The molecule has 1 aromatic rings. The smallest absolute Gasteiger partial charge is 0.340 e. The molecule has 1 rings (SSSR count). The number of hydrogen-bond donors (Lipinski definition) is 0. The first-order chi connectivity index (χ1) is 6.20. The fourth-order valence-corrected chi connectivity index (χ4v) is 0.691. The molecule has 5 nitrogen and oxygen atoms in total. The highest BCUT2D eigenvalue weighted by molar-refractivity contribution is 5.90. The van der Waals surface area contributed by atoms with Crippen LogP contribution in [-0.2, 0) is 9.53 Å². The van der Waals surface area contributed by atoms with E-state index in [4.69, 9.17) is 0 Å². The first kappa shape index (κ1) is 9.18. The Balaban J connectivity index is 2.54. The number of carbonyl (C=O) groups excluding carboxylic acids is 2. The van der Waals surface area contributed by atoms with Gasteiger partial charge in [-0.3, -0.25) is 4.98 Å². The normalized spacial score (nSPS) is 9.23. The molecule has 0 N–H and O–H groups in total. The average molecular weight is 180 g/mol. The Morgan fingerprint density at radius 2 is 2.31 bits per heavy atom. The molecule has 0 spiro atoms. The minimum absolute atomic E-state index is 0.212. The zero-order chi connectivity index (χ0) is 9.68. The standard InChI is InChI=1S/C8H7NO4/c10-7(11)5-13-8(12)6-2-1-3-9-4-6/h1-4H,5H2,(H,10,11)/p-1. The van der Waals surface area contributed by atoms with Crippen LogP contribution in [0, 0.1) is 0 Å². The quantitative estimate of drug-likeness (QED) is 0.557. The lowest BCUT2D eigenvalue weighted by atomic mass is 10.3. The van der Waals surface area contributed by atoms with Crippen LogP contribution in [0.3, 0.4) is 0 Å². The number of carbonyl (C=O) groups is 2. The van der Waals surface area contributed by atoms with Crippen molar-refractivity contribution >= 4 is 11.9 Å². The van der Waals surface area contributed by atoms with Crippen LogP contribution >= 0.6 is 0 Å². The van der Waals surface area contributed by atoms with Crippen LogP contribution in [0.5, 0.6) is 0 Å². The van der Waals surface area contributed by atoms with Gasteiger partial charge >= 0.3 is 5.97 Å². The van der Waals surface area contributed by atoms with Gasteiger partial charge in [-0.05, 0) is 12.1 Å². The number of pyridine rings is 1. The summed E-state index contributed by atoms with van der Waals surface area (Å²) >= 11 is 0. The highest BCUT2D eigenvalue weighted by Gasteiger charge is 2.05. The van der Waals surface area contributed by atoms with Crippen LogP contribution in [0.1, 0.15) is 10.4 Å². The fourth-order valence-electron chi connectivity index (χ4n) is 0.691. The van der Waals surface area contributed by atoms with Crippen molar-refractivity contribution in [3.8, 4) is 0 Å². The molecule has 0 fully saturated rings. The minimum Gasteiger partial charge on any atom is -0.546 e. The third kappa shape index (κ3) is 2.90. The molecule has 0 aliphatic heterocycles. The van der Waals surface area contributed by atoms with Gasteiger partial charge in [0, 0.05) is 12.4 Å². The minimum atomic E-state index is -1.43. The summed E-state index contributed by atoms with van der Waals surface area (Å²) in [5.41, 5.74) is 0.212. The Labute approximate surface area is 74.0 Å². The van der Waals surface area contributed by atoms with Crippen LogP contribution in [-0.4, -0.2) is 23.5 Å². The van der Waals surface area contributed by atoms with Crippen molar-refractivity contribution in [2.24, 2.45) is 0 Å². The lowest BCUT2D eigenvalue weighted by Crippen LogP contribution is -2.28. The van der Waals surface area contributed by atoms with Crippen molar-refractivity contribution in [1.82, 2.24) is 4.98 Å². The van der Waals surface area contributed by atoms with Crippen molar-refractivity contribution < 1.29 is 19.4 Å². The number of aromatic nitrogens is 1. The molecule has 0 aliphatic rings. The maximum Gasteiger partial charge on any atom is 0.340 e. The Morgan fingerprint density at radius 3 is 2.85 bits per heavy atom. The van der Waals surface area contributed by atoms with E-state index >= 15 is 0 Å². The molecule has 1 aromatic heterocycles. The summed E-state index contributed by atoms with van der Waals surface area (Å²) in [6.45, 7) is -0.742. The van der Waals surface area contributed by atoms with Gasteiger partial charge in [0.25, 0.3) is 0 Å². The summed E-state index contributed by atoms with van der Waals surface area (Å²) in [5, 5.41) is 9.93.